The van der Waals surface area contributed by atoms with E-state index in [2.05, 4.69) is 15.7 Å². The van der Waals surface area contributed by atoms with Crippen molar-refractivity contribution in [2.24, 2.45) is 7.05 Å². The third kappa shape index (κ3) is 7.02. The molecule has 5 rings (SSSR count). The van der Waals surface area contributed by atoms with Gasteiger partial charge in [-0.25, -0.2) is 33.1 Å². The highest BCUT2D eigenvalue weighted by Gasteiger charge is 2.46. The maximum atomic E-state index is 14.5. The summed E-state index contributed by atoms with van der Waals surface area (Å²) in [7, 11) is 3.34. The second kappa shape index (κ2) is 13.3. The Hall–Kier alpha value is -4.82. The van der Waals surface area contributed by atoms with Crippen LogP contribution in [-0.2, 0) is 16.5 Å². The van der Waals surface area contributed by atoms with Crippen LogP contribution in [0.25, 0.3) is 16.9 Å². The molecule has 3 amide bonds. The van der Waals surface area contributed by atoms with E-state index in [9.17, 15) is 18.4 Å². The number of nitrogens with one attached hydrogen (secondary N) is 2. The Labute approximate surface area is 265 Å². The standard InChI is InChI=1S/C32H38F2N8O4/c1-20-27(22-17-35-39(5)18-22)38-41(23-10-8-7-9-11-23)29(20)37-30(43)36-26-19-40(14-15-45-6)42(31(44)46-32(2,3)4)28(26)21-12-13-24(33)25(34)16-21/h7-13,16-18,26,28H,14-15,19H2,1-6H3,(H2,36,37,43)/t26-,28+/m1/s1. The number of amides is 3. The predicted molar refractivity (Wildman–Crippen MR) is 167 cm³/mol. The number of methoxy groups -OCH3 is 1. The Morgan fingerprint density at radius 3 is 2.46 bits per heavy atom. The van der Waals surface area contributed by atoms with Gasteiger partial charge in [-0.2, -0.15) is 10.2 Å². The smallest absolute Gasteiger partial charge is 0.425 e. The third-order valence-corrected chi connectivity index (χ3v) is 7.43. The number of hydrazine groups is 1. The summed E-state index contributed by atoms with van der Waals surface area (Å²) in [6.07, 6.45) is 2.82. The van der Waals surface area contributed by atoms with Crippen molar-refractivity contribution in [2.45, 2.75) is 45.4 Å². The number of aromatic nitrogens is 4. The van der Waals surface area contributed by atoms with Gasteiger partial charge >= 0.3 is 12.1 Å². The minimum Gasteiger partial charge on any atom is -0.443 e. The summed E-state index contributed by atoms with van der Waals surface area (Å²) in [4.78, 5) is 27.4. The highest BCUT2D eigenvalue weighted by molar-refractivity contribution is 5.91. The number of carbonyl (C=O) groups is 2. The van der Waals surface area contributed by atoms with Crippen LogP contribution in [0.15, 0.2) is 60.9 Å². The van der Waals surface area contributed by atoms with Crippen molar-refractivity contribution >= 4 is 17.9 Å². The molecule has 14 heteroatoms. The number of urea groups is 1. The molecule has 4 aromatic rings. The topological polar surface area (TPSA) is 119 Å². The van der Waals surface area contributed by atoms with Crippen molar-refractivity contribution < 1.29 is 27.8 Å². The highest BCUT2D eigenvalue weighted by Crippen LogP contribution is 2.35. The van der Waals surface area contributed by atoms with E-state index in [0.717, 1.165) is 23.4 Å². The molecule has 12 nitrogen and oxygen atoms in total. The average molecular weight is 637 g/mol. The fourth-order valence-electron chi connectivity index (χ4n) is 5.42. The van der Waals surface area contributed by atoms with Crippen molar-refractivity contribution in [3.63, 3.8) is 0 Å². The van der Waals surface area contributed by atoms with E-state index in [4.69, 9.17) is 14.6 Å². The van der Waals surface area contributed by atoms with E-state index in [1.165, 1.54) is 18.2 Å². The van der Waals surface area contributed by atoms with Crippen LogP contribution in [0.1, 0.15) is 37.9 Å². The quantitative estimate of drug-likeness (QED) is 0.273. The highest BCUT2D eigenvalue weighted by atomic mass is 19.2. The number of benzene rings is 2. The number of para-hydroxylation sites is 1. The van der Waals surface area contributed by atoms with Crippen molar-refractivity contribution in [2.75, 3.05) is 32.1 Å². The van der Waals surface area contributed by atoms with Crippen molar-refractivity contribution in [1.82, 2.24) is 34.9 Å². The molecular weight excluding hydrogens is 598 g/mol. The zero-order valence-electron chi connectivity index (χ0n) is 26.6. The molecule has 46 heavy (non-hydrogen) atoms. The number of aryl methyl sites for hydroxylation is 1. The number of hydrogen-bond donors (Lipinski definition) is 2. The first-order valence-electron chi connectivity index (χ1n) is 14.8. The first-order chi connectivity index (χ1) is 21.9. The molecule has 0 radical (unpaired) electrons. The lowest BCUT2D eigenvalue weighted by atomic mass is 10.00. The van der Waals surface area contributed by atoms with E-state index < -0.39 is 41.4 Å². The van der Waals surface area contributed by atoms with E-state index in [1.54, 1.807) is 48.4 Å². The molecule has 2 atom stereocenters. The molecule has 0 spiro atoms. The molecule has 1 saturated heterocycles. The lowest BCUT2D eigenvalue weighted by Crippen LogP contribution is -2.47. The van der Waals surface area contributed by atoms with E-state index in [1.807, 2.05) is 43.5 Å². The predicted octanol–water partition coefficient (Wildman–Crippen LogP) is 5.20. The monoisotopic (exact) mass is 636 g/mol. The molecule has 1 aliphatic heterocycles. The zero-order chi connectivity index (χ0) is 33.2. The first kappa shape index (κ1) is 32.6. The molecule has 0 unspecified atom stereocenters. The van der Waals surface area contributed by atoms with Crippen LogP contribution >= 0.6 is 0 Å². The number of hydrogen-bond acceptors (Lipinski definition) is 7. The number of anilines is 1. The lowest BCUT2D eigenvalue weighted by molar-refractivity contribution is -0.0479. The van der Waals surface area contributed by atoms with Gasteiger partial charge in [-0.3, -0.25) is 10.00 Å². The normalized spacial score (nSPS) is 16.9. The van der Waals surface area contributed by atoms with Crippen molar-refractivity contribution in [3.05, 3.63) is 83.7 Å². The van der Waals surface area contributed by atoms with Crippen molar-refractivity contribution in [1.29, 1.82) is 0 Å². The number of rotatable bonds is 8. The molecule has 1 fully saturated rings. The van der Waals surface area contributed by atoms with Gasteiger partial charge in [0.25, 0.3) is 0 Å². The first-order valence-corrected chi connectivity index (χ1v) is 14.8. The molecular formula is C32H38F2N8O4. The van der Waals surface area contributed by atoms with E-state index >= 15 is 0 Å². The van der Waals surface area contributed by atoms with Gasteiger partial charge in [0.1, 0.15) is 17.1 Å². The molecule has 3 heterocycles. The van der Waals surface area contributed by atoms with Gasteiger partial charge in [0.2, 0.25) is 0 Å². The van der Waals surface area contributed by atoms with Gasteiger partial charge in [-0.15, -0.1) is 0 Å². The summed E-state index contributed by atoms with van der Waals surface area (Å²) in [5.41, 5.74) is 2.26. The summed E-state index contributed by atoms with van der Waals surface area (Å²) < 4.78 is 42.8. The third-order valence-electron chi connectivity index (χ3n) is 7.43. The van der Waals surface area contributed by atoms with Crippen LogP contribution in [0.5, 0.6) is 0 Å². The fraction of sp³-hybridized carbons (Fsp3) is 0.375. The zero-order valence-corrected chi connectivity index (χ0v) is 26.6. The summed E-state index contributed by atoms with van der Waals surface area (Å²) in [6.45, 7) is 7.72. The molecule has 2 aromatic carbocycles. The molecule has 2 aromatic heterocycles. The summed E-state index contributed by atoms with van der Waals surface area (Å²) in [5, 5.41) is 18.0. The fourth-order valence-corrected chi connectivity index (χ4v) is 5.42. The Morgan fingerprint density at radius 1 is 1.09 bits per heavy atom. The Morgan fingerprint density at radius 2 is 1.83 bits per heavy atom. The maximum Gasteiger partial charge on any atom is 0.425 e. The molecule has 1 aliphatic rings. The van der Waals surface area contributed by atoms with Crippen molar-refractivity contribution in [3.8, 4) is 16.9 Å². The van der Waals surface area contributed by atoms with Crippen LogP contribution in [0, 0.1) is 18.6 Å². The largest absolute Gasteiger partial charge is 0.443 e. The Kier molecular flexibility index (Phi) is 9.39. The van der Waals surface area contributed by atoms with Gasteiger partial charge in [0, 0.05) is 44.6 Å². The number of carbonyl (C=O) groups excluding carboxylic acids is 2. The molecule has 0 saturated carbocycles. The van der Waals surface area contributed by atoms with Crippen LogP contribution in [0.3, 0.4) is 0 Å². The van der Waals surface area contributed by atoms with Gasteiger partial charge in [0.15, 0.2) is 11.6 Å². The van der Waals surface area contributed by atoms with E-state index in [0.29, 0.717) is 17.1 Å². The molecule has 0 bridgehead atoms. The minimum atomic E-state index is -1.08. The van der Waals surface area contributed by atoms with E-state index in [-0.39, 0.29) is 25.3 Å². The number of ether oxygens (including phenoxy) is 2. The molecule has 2 N–H and O–H groups in total. The van der Waals surface area contributed by atoms with Gasteiger partial charge in [0.05, 0.1) is 30.6 Å². The maximum absolute atomic E-state index is 14.5. The lowest BCUT2D eigenvalue weighted by Gasteiger charge is -2.34. The SMILES string of the molecule is COCCN1C[C@@H](NC(=O)Nc2c(C)c(-c3cnn(C)c3)nn2-c2ccccc2)[C@H](c2ccc(F)c(F)c2)N1C(=O)OC(C)(C)C. The Bertz CT molecular complexity index is 1700. The Balaban J connectivity index is 1.50. The summed E-state index contributed by atoms with van der Waals surface area (Å²) in [6, 6.07) is 10.5. The molecule has 0 aliphatic carbocycles. The average Bonchev–Trinajstić information content (AvgIpc) is 3.68. The van der Waals surface area contributed by atoms with Gasteiger partial charge in [-0.05, 0) is 57.5 Å². The molecule has 244 valence electrons. The van der Waals surface area contributed by atoms with Gasteiger partial charge < -0.3 is 14.8 Å². The number of halogens is 2. The summed E-state index contributed by atoms with van der Waals surface area (Å²) in [5.74, 6) is -1.69. The van der Waals surface area contributed by atoms with Crippen LogP contribution < -0.4 is 10.6 Å². The number of nitrogens with zero attached hydrogens (tertiary/aromatic N) is 6. The van der Waals surface area contributed by atoms with Crippen LogP contribution in [0.4, 0.5) is 24.2 Å². The minimum absolute atomic E-state index is 0.150. The van der Waals surface area contributed by atoms with Crippen LogP contribution in [0.2, 0.25) is 0 Å². The van der Waals surface area contributed by atoms with Gasteiger partial charge in [-0.1, -0.05) is 24.3 Å². The second-order valence-corrected chi connectivity index (χ2v) is 12.0. The summed E-state index contributed by atoms with van der Waals surface area (Å²) >= 11 is 0. The van der Waals surface area contributed by atoms with Crippen LogP contribution in [-0.4, -0.2) is 80.2 Å². The second-order valence-electron chi connectivity index (χ2n) is 12.0.